The van der Waals surface area contributed by atoms with Crippen LogP contribution in [0, 0.1) is 0 Å². The summed E-state index contributed by atoms with van der Waals surface area (Å²) in [5.41, 5.74) is 0. The Labute approximate surface area is 52.3 Å². The van der Waals surface area contributed by atoms with E-state index in [0.29, 0.717) is 6.61 Å². The first-order valence-electron chi connectivity index (χ1n) is 2.96. The van der Waals surface area contributed by atoms with E-state index in [-0.39, 0.29) is 12.4 Å². The third-order valence-electron chi connectivity index (χ3n) is 1.54. The molecule has 3 heteroatoms. The van der Waals surface area contributed by atoms with Crippen LogP contribution in [0.2, 0.25) is 0 Å². The van der Waals surface area contributed by atoms with Crippen LogP contribution in [0.1, 0.15) is 0 Å². The first kappa shape index (κ1) is 5.38. The van der Waals surface area contributed by atoms with E-state index in [0.717, 1.165) is 0 Å². The average molecular weight is 130 g/mol. The molecule has 0 N–H and O–H groups in total. The predicted molar refractivity (Wildman–Crippen MR) is 28.6 cm³/mol. The standard InChI is InChI=1S/C6H7FO2/c7-4-1-2-6-8-3-5(4)9-6/h1-2,4-6H,3H2. The summed E-state index contributed by atoms with van der Waals surface area (Å²) in [7, 11) is 0. The molecule has 50 valence electrons. The Kier molecular flexibility index (Phi) is 1.07. The highest BCUT2D eigenvalue weighted by Gasteiger charge is 2.33. The van der Waals surface area contributed by atoms with Gasteiger partial charge in [-0.2, -0.15) is 0 Å². The zero-order valence-corrected chi connectivity index (χ0v) is 4.79. The largest absolute Gasteiger partial charge is 0.346 e. The highest BCUT2D eigenvalue weighted by molar-refractivity contribution is 5.02. The molecule has 3 atom stereocenters. The van der Waals surface area contributed by atoms with E-state index in [1.54, 1.807) is 6.08 Å². The number of hydrogen-bond donors (Lipinski definition) is 0. The van der Waals surface area contributed by atoms with Gasteiger partial charge in [0, 0.05) is 0 Å². The Balaban J connectivity index is 2.19. The van der Waals surface area contributed by atoms with Crippen LogP contribution < -0.4 is 0 Å². The lowest BCUT2D eigenvalue weighted by Gasteiger charge is -2.14. The minimum Gasteiger partial charge on any atom is -0.346 e. The second-order valence-electron chi connectivity index (χ2n) is 2.21. The van der Waals surface area contributed by atoms with Crippen LogP contribution in [-0.4, -0.2) is 25.2 Å². The third kappa shape index (κ3) is 0.767. The van der Waals surface area contributed by atoms with E-state index in [9.17, 15) is 4.39 Å². The van der Waals surface area contributed by atoms with Crippen molar-refractivity contribution >= 4 is 0 Å². The number of alkyl halides is 1. The van der Waals surface area contributed by atoms with Crippen molar-refractivity contribution in [2.45, 2.75) is 18.6 Å². The molecule has 0 amide bonds. The molecule has 0 aromatic carbocycles. The fourth-order valence-electron chi connectivity index (χ4n) is 1.03. The maximum Gasteiger partial charge on any atom is 0.177 e. The summed E-state index contributed by atoms with van der Waals surface area (Å²) < 4.78 is 22.6. The van der Waals surface area contributed by atoms with Crippen LogP contribution in [0.3, 0.4) is 0 Å². The summed E-state index contributed by atoms with van der Waals surface area (Å²) in [6, 6.07) is 0. The van der Waals surface area contributed by atoms with Gasteiger partial charge in [0.1, 0.15) is 12.3 Å². The van der Waals surface area contributed by atoms with E-state index >= 15 is 0 Å². The Morgan fingerprint density at radius 3 is 3.11 bits per heavy atom. The summed E-state index contributed by atoms with van der Waals surface area (Å²) in [6.07, 6.45) is 1.51. The maximum atomic E-state index is 12.6. The van der Waals surface area contributed by atoms with Crippen molar-refractivity contribution in [1.82, 2.24) is 0 Å². The second-order valence-corrected chi connectivity index (χ2v) is 2.21. The average Bonchev–Trinajstić information content (AvgIpc) is 2.25. The molecule has 2 nitrogen and oxygen atoms in total. The van der Waals surface area contributed by atoms with Crippen molar-refractivity contribution in [1.29, 1.82) is 0 Å². The van der Waals surface area contributed by atoms with E-state index in [4.69, 9.17) is 9.47 Å². The normalized spacial score (nSPS) is 47.9. The van der Waals surface area contributed by atoms with Gasteiger partial charge in [0.05, 0.1) is 6.61 Å². The van der Waals surface area contributed by atoms with Crippen molar-refractivity contribution in [3.05, 3.63) is 12.2 Å². The monoisotopic (exact) mass is 130 g/mol. The van der Waals surface area contributed by atoms with Gasteiger partial charge in [0.25, 0.3) is 0 Å². The first-order chi connectivity index (χ1) is 4.36. The molecule has 9 heavy (non-hydrogen) atoms. The Morgan fingerprint density at radius 1 is 1.44 bits per heavy atom. The third-order valence-corrected chi connectivity index (χ3v) is 1.54. The van der Waals surface area contributed by atoms with Crippen molar-refractivity contribution in [3.8, 4) is 0 Å². The van der Waals surface area contributed by atoms with Crippen LogP contribution in [0.4, 0.5) is 4.39 Å². The van der Waals surface area contributed by atoms with Crippen molar-refractivity contribution < 1.29 is 13.9 Å². The minimum atomic E-state index is -0.969. The molecule has 0 aliphatic carbocycles. The Bertz CT molecular complexity index is 146. The number of hydrogen-bond acceptors (Lipinski definition) is 2. The molecule has 0 radical (unpaired) electrons. The maximum absolute atomic E-state index is 12.6. The van der Waals surface area contributed by atoms with Gasteiger partial charge in [-0.25, -0.2) is 4.39 Å². The molecule has 0 aromatic rings. The van der Waals surface area contributed by atoms with Gasteiger partial charge >= 0.3 is 0 Å². The molecule has 3 unspecified atom stereocenters. The number of halogens is 1. The summed E-state index contributed by atoms with van der Waals surface area (Å²) in [4.78, 5) is 0. The zero-order valence-electron chi connectivity index (χ0n) is 4.79. The summed E-state index contributed by atoms with van der Waals surface area (Å²) in [5.74, 6) is 0. The summed E-state index contributed by atoms with van der Waals surface area (Å²) in [5, 5.41) is 0. The number of fused-ring (bicyclic) bond motifs is 2. The Morgan fingerprint density at radius 2 is 2.33 bits per heavy atom. The van der Waals surface area contributed by atoms with Gasteiger partial charge < -0.3 is 9.47 Å². The molecule has 0 saturated carbocycles. The smallest absolute Gasteiger partial charge is 0.177 e. The highest BCUT2D eigenvalue weighted by Crippen LogP contribution is 2.23. The molecule has 2 aliphatic rings. The van der Waals surface area contributed by atoms with E-state index in [2.05, 4.69) is 0 Å². The van der Waals surface area contributed by atoms with E-state index < -0.39 is 6.17 Å². The summed E-state index contributed by atoms with van der Waals surface area (Å²) in [6.45, 7) is 0.388. The second kappa shape index (κ2) is 1.78. The molecule has 2 rings (SSSR count). The molecule has 0 aromatic heterocycles. The molecule has 2 aliphatic heterocycles. The predicted octanol–water partition coefficient (Wildman–Crippen LogP) is 0.636. The molecule has 2 heterocycles. The van der Waals surface area contributed by atoms with Crippen LogP contribution in [-0.2, 0) is 9.47 Å². The van der Waals surface area contributed by atoms with Crippen molar-refractivity contribution in [2.75, 3.05) is 6.61 Å². The molecule has 2 bridgehead atoms. The van der Waals surface area contributed by atoms with Gasteiger partial charge in [-0.15, -0.1) is 0 Å². The zero-order chi connectivity index (χ0) is 6.27. The first-order valence-corrected chi connectivity index (χ1v) is 2.96. The minimum absolute atomic E-state index is 0.276. The van der Waals surface area contributed by atoms with E-state index in [1.165, 1.54) is 6.08 Å². The fourth-order valence-corrected chi connectivity index (χ4v) is 1.03. The highest BCUT2D eigenvalue weighted by atomic mass is 19.1. The molecular formula is C6H7FO2. The van der Waals surface area contributed by atoms with Crippen LogP contribution in [0.15, 0.2) is 12.2 Å². The van der Waals surface area contributed by atoms with E-state index in [1.807, 2.05) is 0 Å². The van der Waals surface area contributed by atoms with Crippen molar-refractivity contribution in [3.63, 3.8) is 0 Å². The van der Waals surface area contributed by atoms with Crippen LogP contribution in [0.5, 0.6) is 0 Å². The molecule has 1 saturated heterocycles. The van der Waals surface area contributed by atoms with Gasteiger partial charge in [0.2, 0.25) is 0 Å². The molecule has 0 spiro atoms. The van der Waals surface area contributed by atoms with Crippen molar-refractivity contribution in [2.24, 2.45) is 0 Å². The molecular weight excluding hydrogens is 123 g/mol. The lowest BCUT2D eigenvalue weighted by Crippen LogP contribution is -2.25. The van der Waals surface area contributed by atoms with Gasteiger partial charge in [-0.1, -0.05) is 0 Å². The van der Waals surface area contributed by atoms with Crippen LogP contribution >= 0.6 is 0 Å². The summed E-state index contributed by atoms with van der Waals surface area (Å²) >= 11 is 0. The van der Waals surface area contributed by atoms with Crippen LogP contribution in [0.25, 0.3) is 0 Å². The van der Waals surface area contributed by atoms with Gasteiger partial charge in [-0.3, -0.25) is 0 Å². The lowest BCUT2D eigenvalue weighted by atomic mass is 10.2. The fraction of sp³-hybridized carbons (Fsp3) is 0.667. The lowest BCUT2D eigenvalue weighted by molar-refractivity contribution is -0.0397. The Hall–Kier alpha value is -0.410. The molecule has 1 fully saturated rings. The topological polar surface area (TPSA) is 18.5 Å². The van der Waals surface area contributed by atoms with Gasteiger partial charge in [0.15, 0.2) is 6.29 Å². The SMILES string of the molecule is FC1C=CC2OCC1O2. The number of ether oxygens (including phenoxy) is 2. The van der Waals surface area contributed by atoms with Gasteiger partial charge in [-0.05, 0) is 12.2 Å². The number of rotatable bonds is 0. The quantitative estimate of drug-likeness (QED) is 0.448.